The number of hydrogen-bond acceptors (Lipinski definition) is 4. The minimum Gasteiger partial charge on any atom is -0.377 e. The van der Waals surface area contributed by atoms with E-state index < -0.39 is 9.84 Å². The average molecular weight is 467 g/mol. The van der Waals surface area contributed by atoms with E-state index in [1.54, 1.807) is 18.2 Å². The van der Waals surface area contributed by atoms with Gasteiger partial charge in [0.15, 0.2) is 0 Å². The zero-order valence-corrected chi connectivity index (χ0v) is 20.5. The Bertz CT molecular complexity index is 1270. The van der Waals surface area contributed by atoms with Gasteiger partial charge in [-0.2, -0.15) is 0 Å². The minimum atomic E-state index is -3.69. The van der Waals surface area contributed by atoms with Gasteiger partial charge in [-0.05, 0) is 97.4 Å². The molecule has 0 bridgehead atoms. The van der Waals surface area contributed by atoms with Gasteiger partial charge in [0.1, 0.15) is 5.82 Å². The summed E-state index contributed by atoms with van der Waals surface area (Å²) in [5, 5.41) is 0. The second-order valence-corrected chi connectivity index (χ2v) is 11.1. The van der Waals surface area contributed by atoms with Gasteiger partial charge >= 0.3 is 0 Å². The fraction of sp³-hybridized carbons (Fsp3) is 0.333. The van der Waals surface area contributed by atoms with Gasteiger partial charge in [0, 0.05) is 27.2 Å². The molecule has 6 heteroatoms. The standard InChI is InChI=1S/C27H31FN2O2S/c1-19-5-8-24(28)16-23(19)15-20-6-9-25(10-7-20)33(31,32)27-18-22-12-14-30(4)13-11-21(22)17-26(27)29(2)3/h5-10,16-18H,11-15H2,1-4H3. The van der Waals surface area contributed by atoms with E-state index in [0.717, 1.165) is 53.9 Å². The van der Waals surface area contributed by atoms with Crippen LogP contribution < -0.4 is 4.90 Å². The van der Waals surface area contributed by atoms with Crippen molar-refractivity contribution in [1.82, 2.24) is 4.90 Å². The summed E-state index contributed by atoms with van der Waals surface area (Å²) in [5.41, 5.74) is 5.92. The van der Waals surface area contributed by atoms with Crippen molar-refractivity contribution in [2.75, 3.05) is 39.1 Å². The van der Waals surface area contributed by atoms with Gasteiger partial charge in [0.05, 0.1) is 15.5 Å². The van der Waals surface area contributed by atoms with Crippen LogP contribution in [0.2, 0.25) is 0 Å². The van der Waals surface area contributed by atoms with Crippen molar-refractivity contribution >= 4 is 15.5 Å². The first-order valence-electron chi connectivity index (χ1n) is 11.3. The molecule has 0 saturated carbocycles. The molecule has 3 aromatic rings. The lowest BCUT2D eigenvalue weighted by Crippen LogP contribution is -2.20. The number of sulfone groups is 1. The third-order valence-electron chi connectivity index (χ3n) is 6.52. The van der Waals surface area contributed by atoms with Crippen LogP contribution in [0.3, 0.4) is 0 Å². The van der Waals surface area contributed by atoms with Gasteiger partial charge in [0.2, 0.25) is 9.84 Å². The molecule has 0 atom stereocenters. The van der Waals surface area contributed by atoms with Gasteiger partial charge in [-0.15, -0.1) is 0 Å². The molecule has 0 unspecified atom stereocenters. The van der Waals surface area contributed by atoms with Gasteiger partial charge in [0.25, 0.3) is 0 Å². The molecule has 0 amide bonds. The molecule has 0 aromatic heterocycles. The molecular formula is C27H31FN2O2S. The van der Waals surface area contributed by atoms with E-state index >= 15 is 0 Å². The summed E-state index contributed by atoms with van der Waals surface area (Å²) < 4.78 is 41.0. The van der Waals surface area contributed by atoms with Crippen LogP contribution in [0.5, 0.6) is 0 Å². The molecule has 0 spiro atoms. The highest BCUT2D eigenvalue weighted by Gasteiger charge is 2.25. The highest BCUT2D eigenvalue weighted by Crippen LogP contribution is 2.34. The van der Waals surface area contributed by atoms with Crippen LogP contribution in [-0.4, -0.2) is 47.6 Å². The number of fused-ring (bicyclic) bond motifs is 1. The zero-order valence-electron chi connectivity index (χ0n) is 19.7. The molecule has 0 fully saturated rings. The largest absolute Gasteiger partial charge is 0.377 e. The van der Waals surface area contributed by atoms with E-state index in [1.807, 2.05) is 50.2 Å². The molecule has 1 aliphatic heterocycles. The third kappa shape index (κ3) is 4.97. The Morgan fingerprint density at radius 3 is 2.21 bits per heavy atom. The maximum atomic E-state index is 13.7. The van der Waals surface area contributed by atoms with Crippen LogP contribution in [0, 0.1) is 12.7 Å². The number of rotatable bonds is 5. The quantitative estimate of drug-likeness (QED) is 0.549. The SMILES string of the molecule is Cc1ccc(F)cc1Cc1ccc(S(=O)(=O)c2cc3c(cc2N(C)C)CCN(C)CC3)cc1. The van der Waals surface area contributed by atoms with Crippen LogP contribution in [0.4, 0.5) is 10.1 Å². The molecule has 1 aliphatic rings. The first-order chi connectivity index (χ1) is 15.6. The first kappa shape index (κ1) is 23.5. The molecule has 174 valence electrons. The van der Waals surface area contributed by atoms with Crippen molar-refractivity contribution in [2.24, 2.45) is 0 Å². The lowest BCUT2D eigenvalue weighted by Gasteiger charge is -2.21. The second kappa shape index (κ2) is 9.27. The van der Waals surface area contributed by atoms with Crippen LogP contribution in [-0.2, 0) is 29.1 Å². The smallest absolute Gasteiger partial charge is 0.208 e. The minimum absolute atomic E-state index is 0.264. The van der Waals surface area contributed by atoms with Crippen molar-refractivity contribution in [1.29, 1.82) is 0 Å². The fourth-order valence-electron chi connectivity index (χ4n) is 4.38. The van der Waals surface area contributed by atoms with Crippen molar-refractivity contribution in [3.8, 4) is 0 Å². The Morgan fingerprint density at radius 2 is 1.58 bits per heavy atom. The molecule has 4 rings (SSSR count). The van der Waals surface area contributed by atoms with E-state index in [1.165, 1.54) is 17.7 Å². The van der Waals surface area contributed by atoms with Crippen LogP contribution >= 0.6 is 0 Å². The van der Waals surface area contributed by atoms with Crippen molar-refractivity contribution in [2.45, 2.75) is 36.0 Å². The molecule has 33 heavy (non-hydrogen) atoms. The van der Waals surface area contributed by atoms with Crippen molar-refractivity contribution < 1.29 is 12.8 Å². The molecule has 4 nitrogen and oxygen atoms in total. The monoisotopic (exact) mass is 466 g/mol. The Kier molecular flexibility index (Phi) is 6.59. The zero-order chi connectivity index (χ0) is 23.8. The Balaban J connectivity index is 1.69. The van der Waals surface area contributed by atoms with E-state index in [2.05, 4.69) is 11.9 Å². The summed E-state index contributed by atoms with van der Waals surface area (Å²) in [7, 11) is 2.17. The van der Waals surface area contributed by atoms with Crippen molar-refractivity contribution in [3.63, 3.8) is 0 Å². The van der Waals surface area contributed by atoms with Crippen LogP contribution in [0.15, 0.2) is 64.4 Å². The maximum Gasteiger partial charge on any atom is 0.208 e. The second-order valence-electron chi connectivity index (χ2n) is 9.18. The Morgan fingerprint density at radius 1 is 0.939 bits per heavy atom. The van der Waals surface area contributed by atoms with Crippen LogP contribution in [0.25, 0.3) is 0 Å². The summed E-state index contributed by atoms with van der Waals surface area (Å²) in [4.78, 5) is 4.78. The molecule has 3 aromatic carbocycles. The number of anilines is 1. The highest BCUT2D eigenvalue weighted by molar-refractivity contribution is 7.91. The molecule has 0 radical (unpaired) electrons. The highest BCUT2D eigenvalue weighted by atomic mass is 32.2. The van der Waals surface area contributed by atoms with E-state index in [-0.39, 0.29) is 10.7 Å². The third-order valence-corrected chi connectivity index (χ3v) is 8.32. The lowest BCUT2D eigenvalue weighted by molar-refractivity contribution is 0.352. The molecule has 0 aliphatic carbocycles. The lowest BCUT2D eigenvalue weighted by atomic mass is 10.0. The van der Waals surface area contributed by atoms with Gasteiger partial charge in [-0.25, -0.2) is 12.8 Å². The number of aryl methyl sites for hydroxylation is 1. The van der Waals surface area contributed by atoms with E-state index in [0.29, 0.717) is 11.3 Å². The topological polar surface area (TPSA) is 40.6 Å². The first-order valence-corrected chi connectivity index (χ1v) is 12.7. The molecule has 0 N–H and O–H groups in total. The summed E-state index contributed by atoms with van der Waals surface area (Å²) in [6.07, 6.45) is 2.31. The maximum absolute atomic E-state index is 13.7. The number of nitrogens with zero attached hydrogens (tertiary/aromatic N) is 2. The number of hydrogen-bond donors (Lipinski definition) is 0. The predicted octanol–water partition coefficient (Wildman–Crippen LogP) is 4.65. The number of benzene rings is 3. The number of halogens is 1. The summed E-state index contributed by atoms with van der Waals surface area (Å²) in [5.74, 6) is -0.264. The summed E-state index contributed by atoms with van der Waals surface area (Å²) in [6.45, 7) is 3.84. The van der Waals surface area contributed by atoms with Crippen LogP contribution in [0.1, 0.15) is 27.8 Å². The summed E-state index contributed by atoms with van der Waals surface area (Å²) >= 11 is 0. The van der Waals surface area contributed by atoms with Gasteiger partial charge in [-0.3, -0.25) is 0 Å². The Labute approximate surface area is 196 Å². The summed E-state index contributed by atoms with van der Waals surface area (Å²) in [6, 6.07) is 15.7. The molecule has 0 saturated heterocycles. The molecule has 1 heterocycles. The van der Waals surface area contributed by atoms with Gasteiger partial charge < -0.3 is 9.80 Å². The van der Waals surface area contributed by atoms with Gasteiger partial charge in [-0.1, -0.05) is 18.2 Å². The van der Waals surface area contributed by atoms with E-state index in [9.17, 15) is 12.8 Å². The average Bonchev–Trinajstić information content (AvgIpc) is 2.97. The Hall–Kier alpha value is -2.70. The fourth-order valence-corrected chi connectivity index (χ4v) is 5.94. The van der Waals surface area contributed by atoms with Crippen molar-refractivity contribution in [3.05, 3.63) is 88.2 Å². The normalized spacial score (nSPS) is 14.6. The number of likely N-dealkylation sites (N-methyl/N-ethyl adjacent to an activating group) is 1. The predicted molar refractivity (Wildman–Crippen MR) is 132 cm³/mol. The van der Waals surface area contributed by atoms with E-state index in [4.69, 9.17) is 0 Å². The molecular weight excluding hydrogens is 435 g/mol.